The highest BCUT2D eigenvalue weighted by Gasteiger charge is 2.17. The second-order valence-electron chi connectivity index (χ2n) is 3.31. The standard InChI is InChI=1S/C9H20O/c1-5-8(6-2)9(10)7(3)4/h7-10H,5-6H2,1-4H3/t9-/m0/s1. The first-order chi connectivity index (χ1) is 4.63. The first-order valence-corrected chi connectivity index (χ1v) is 4.31. The average molecular weight is 144 g/mol. The molecular weight excluding hydrogens is 124 g/mol. The van der Waals surface area contributed by atoms with Gasteiger partial charge in [0.05, 0.1) is 6.10 Å². The minimum absolute atomic E-state index is 0.102. The quantitative estimate of drug-likeness (QED) is 0.642. The zero-order valence-corrected chi connectivity index (χ0v) is 7.59. The molecule has 0 aliphatic rings. The van der Waals surface area contributed by atoms with Gasteiger partial charge in [-0.25, -0.2) is 0 Å². The Morgan fingerprint density at radius 1 is 1.10 bits per heavy atom. The Balaban J connectivity index is 3.76. The number of hydrogen-bond donors (Lipinski definition) is 1. The van der Waals surface area contributed by atoms with Gasteiger partial charge in [-0.1, -0.05) is 40.5 Å². The smallest absolute Gasteiger partial charge is 0.0591 e. The van der Waals surface area contributed by atoms with Gasteiger partial charge in [0.25, 0.3) is 0 Å². The molecule has 0 heterocycles. The fourth-order valence-corrected chi connectivity index (χ4v) is 1.32. The molecule has 0 aliphatic heterocycles. The van der Waals surface area contributed by atoms with E-state index in [2.05, 4.69) is 27.7 Å². The molecule has 0 aliphatic carbocycles. The predicted molar refractivity (Wildman–Crippen MR) is 44.9 cm³/mol. The molecular formula is C9H20O. The largest absolute Gasteiger partial charge is 0.393 e. The summed E-state index contributed by atoms with van der Waals surface area (Å²) in [4.78, 5) is 0. The number of aliphatic hydroxyl groups excluding tert-OH is 1. The summed E-state index contributed by atoms with van der Waals surface area (Å²) in [5.74, 6) is 0.907. The lowest BCUT2D eigenvalue weighted by atomic mass is 9.89. The molecule has 0 radical (unpaired) electrons. The van der Waals surface area contributed by atoms with E-state index in [0.717, 1.165) is 12.8 Å². The van der Waals surface area contributed by atoms with E-state index in [1.807, 2.05) is 0 Å². The SMILES string of the molecule is CCC(CC)[C@@H](O)C(C)C. The van der Waals surface area contributed by atoms with Gasteiger partial charge in [-0.3, -0.25) is 0 Å². The first kappa shape index (κ1) is 9.96. The Morgan fingerprint density at radius 3 is 1.60 bits per heavy atom. The van der Waals surface area contributed by atoms with Crippen molar-refractivity contribution in [2.75, 3.05) is 0 Å². The fraction of sp³-hybridized carbons (Fsp3) is 1.00. The lowest BCUT2D eigenvalue weighted by Gasteiger charge is -2.22. The summed E-state index contributed by atoms with van der Waals surface area (Å²) in [6.07, 6.45) is 2.08. The predicted octanol–water partition coefficient (Wildman–Crippen LogP) is 2.44. The van der Waals surface area contributed by atoms with Gasteiger partial charge in [-0.15, -0.1) is 0 Å². The normalized spacial score (nSPS) is 14.7. The van der Waals surface area contributed by atoms with Crippen LogP contribution in [0.15, 0.2) is 0 Å². The molecule has 0 bridgehead atoms. The molecule has 0 saturated heterocycles. The monoisotopic (exact) mass is 144 g/mol. The Bertz CT molecular complexity index is 74.8. The lowest BCUT2D eigenvalue weighted by molar-refractivity contribution is 0.0606. The summed E-state index contributed by atoms with van der Waals surface area (Å²) >= 11 is 0. The first-order valence-electron chi connectivity index (χ1n) is 4.31. The second kappa shape index (κ2) is 4.73. The molecule has 0 amide bonds. The van der Waals surface area contributed by atoms with E-state index in [1.54, 1.807) is 0 Å². The summed E-state index contributed by atoms with van der Waals surface area (Å²) in [6, 6.07) is 0. The minimum Gasteiger partial charge on any atom is -0.393 e. The van der Waals surface area contributed by atoms with Crippen LogP contribution in [0, 0.1) is 11.8 Å². The molecule has 0 aromatic carbocycles. The van der Waals surface area contributed by atoms with Gasteiger partial charge in [0.15, 0.2) is 0 Å². The third-order valence-electron chi connectivity index (χ3n) is 2.21. The summed E-state index contributed by atoms with van der Waals surface area (Å²) in [7, 11) is 0. The van der Waals surface area contributed by atoms with Crippen molar-refractivity contribution in [1.29, 1.82) is 0 Å². The summed E-state index contributed by atoms with van der Waals surface area (Å²) in [5.41, 5.74) is 0. The minimum atomic E-state index is -0.102. The molecule has 0 rings (SSSR count). The van der Waals surface area contributed by atoms with Crippen molar-refractivity contribution in [2.24, 2.45) is 11.8 Å². The third-order valence-corrected chi connectivity index (χ3v) is 2.21. The molecule has 0 fully saturated rings. The van der Waals surface area contributed by atoms with E-state index in [-0.39, 0.29) is 6.10 Å². The number of aliphatic hydroxyl groups is 1. The molecule has 1 nitrogen and oxygen atoms in total. The van der Waals surface area contributed by atoms with Gasteiger partial charge in [0.1, 0.15) is 0 Å². The topological polar surface area (TPSA) is 20.2 Å². The zero-order valence-electron chi connectivity index (χ0n) is 7.59. The van der Waals surface area contributed by atoms with Crippen molar-refractivity contribution >= 4 is 0 Å². The van der Waals surface area contributed by atoms with Crippen molar-refractivity contribution in [2.45, 2.75) is 46.6 Å². The summed E-state index contributed by atoms with van der Waals surface area (Å²) in [6.45, 7) is 8.42. The molecule has 0 saturated carbocycles. The van der Waals surface area contributed by atoms with Crippen molar-refractivity contribution in [3.63, 3.8) is 0 Å². The molecule has 0 spiro atoms. The van der Waals surface area contributed by atoms with E-state index >= 15 is 0 Å². The van der Waals surface area contributed by atoms with Crippen molar-refractivity contribution in [1.82, 2.24) is 0 Å². The maximum absolute atomic E-state index is 9.59. The van der Waals surface area contributed by atoms with E-state index in [9.17, 15) is 5.11 Å². The van der Waals surface area contributed by atoms with E-state index in [0.29, 0.717) is 11.8 Å². The molecule has 0 aromatic rings. The molecule has 0 unspecified atom stereocenters. The van der Waals surface area contributed by atoms with Crippen molar-refractivity contribution < 1.29 is 5.11 Å². The second-order valence-corrected chi connectivity index (χ2v) is 3.31. The van der Waals surface area contributed by atoms with Crippen LogP contribution in [0.3, 0.4) is 0 Å². The van der Waals surface area contributed by atoms with Crippen LogP contribution in [0.5, 0.6) is 0 Å². The van der Waals surface area contributed by atoms with Gasteiger partial charge in [0.2, 0.25) is 0 Å². The molecule has 1 N–H and O–H groups in total. The van der Waals surface area contributed by atoms with Crippen LogP contribution in [0.25, 0.3) is 0 Å². The van der Waals surface area contributed by atoms with Crippen LogP contribution in [0.2, 0.25) is 0 Å². The molecule has 0 aromatic heterocycles. The lowest BCUT2D eigenvalue weighted by Crippen LogP contribution is -2.24. The zero-order chi connectivity index (χ0) is 8.15. The number of hydrogen-bond acceptors (Lipinski definition) is 1. The molecule has 62 valence electrons. The van der Waals surface area contributed by atoms with Gasteiger partial charge in [-0.05, 0) is 11.8 Å². The van der Waals surface area contributed by atoms with Crippen molar-refractivity contribution in [3.8, 4) is 0 Å². The Morgan fingerprint density at radius 2 is 1.50 bits per heavy atom. The van der Waals surface area contributed by atoms with Gasteiger partial charge in [-0.2, -0.15) is 0 Å². The average Bonchev–Trinajstić information content (AvgIpc) is 1.90. The number of rotatable bonds is 4. The molecule has 1 atom stereocenters. The maximum Gasteiger partial charge on any atom is 0.0591 e. The van der Waals surface area contributed by atoms with Crippen LogP contribution < -0.4 is 0 Å². The fourth-order valence-electron chi connectivity index (χ4n) is 1.32. The van der Waals surface area contributed by atoms with Crippen molar-refractivity contribution in [3.05, 3.63) is 0 Å². The highest BCUT2D eigenvalue weighted by Crippen LogP contribution is 2.18. The highest BCUT2D eigenvalue weighted by molar-refractivity contribution is 4.68. The summed E-state index contributed by atoms with van der Waals surface area (Å²) in [5, 5.41) is 9.59. The van der Waals surface area contributed by atoms with Crippen LogP contribution in [-0.2, 0) is 0 Å². The highest BCUT2D eigenvalue weighted by atomic mass is 16.3. The Kier molecular flexibility index (Phi) is 4.71. The Hall–Kier alpha value is -0.0400. The van der Waals surface area contributed by atoms with Crippen LogP contribution in [-0.4, -0.2) is 11.2 Å². The molecule has 1 heteroatoms. The maximum atomic E-state index is 9.59. The van der Waals surface area contributed by atoms with Crippen LogP contribution >= 0.6 is 0 Å². The molecule has 10 heavy (non-hydrogen) atoms. The van der Waals surface area contributed by atoms with Gasteiger partial charge in [0, 0.05) is 0 Å². The van der Waals surface area contributed by atoms with Gasteiger partial charge < -0.3 is 5.11 Å². The van der Waals surface area contributed by atoms with E-state index in [1.165, 1.54) is 0 Å². The van der Waals surface area contributed by atoms with E-state index in [4.69, 9.17) is 0 Å². The van der Waals surface area contributed by atoms with Crippen LogP contribution in [0.4, 0.5) is 0 Å². The Labute approximate surface area is 64.5 Å². The third kappa shape index (κ3) is 2.70. The summed E-state index contributed by atoms with van der Waals surface area (Å²) < 4.78 is 0. The van der Waals surface area contributed by atoms with E-state index < -0.39 is 0 Å². The van der Waals surface area contributed by atoms with Crippen LogP contribution in [0.1, 0.15) is 40.5 Å². The van der Waals surface area contributed by atoms with Gasteiger partial charge >= 0.3 is 0 Å².